The Labute approximate surface area is 168 Å². The molecule has 0 saturated heterocycles. The summed E-state index contributed by atoms with van der Waals surface area (Å²) in [5.74, 6) is 1.19. The van der Waals surface area contributed by atoms with E-state index in [-0.39, 0.29) is 11.6 Å². The summed E-state index contributed by atoms with van der Waals surface area (Å²) in [4.78, 5) is 18.0. The molecule has 3 heterocycles. The number of rotatable bonds is 5. The zero-order valence-corrected chi connectivity index (χ0v) is 15.3. The van der Waals surface area contributed by atoms with Gasteiger partial charge >= 0.3 is 0 Å². The highest BCUT2D eigenvalue weighted by Crippen LogP contribution is 2.25. The van der Waals surface area contributed by atoms with Gasteiger partial charge in [0.1, 0.15) is 17.0 Å². The molecule has 2 N–H and O–H groups in total. The molecule has 0 unspecified atom stereocenters. The largest absolute Gasteiger partial charge is 0.455 e. The fourth-order valence-corrected chi connectivity index (χ4v) is 3.07. The van der Waals surface area contributed by atoms with E-state index in [0.29, 0.717) is 28.2 Å². The predicted molar refractivity (Wildman–Crippen MR) is 111 cm³/mol. The number of para-hydroxylation sites is 1. The molecule has 0 saturated carbocycles. The van der Waals surface area contributed by atoms with Crippen LogP contribution in [0.4, 0.5) is 11.6 Å². The van der Waals surface area contributed by atoms with E-state index in [1.54, 1.807) is 24.3 Å². The van der Waals surface area contributed by atoms with Crippen molar-refractivity contribution >= 4 is 39.9 Å². The molecule has 146 valence electrons. The van der Waals surface area contributed by atoms with E-state index in [4.69, 9.17) is 4.42 Å². The first-order chi connectivity index (χ1) is 14.7. The van der Waals surface area contributed by atoms with Crippen LogP contribution in [0.2, 0.25) is 0 Å². The van der Waals surface area contributed by atoms with Gasteiger partial charge in [-0.1, -0.05) is 30.3 Å². The van der Waals surface area contributed by atoms with E-state index >= 15 is 0 Å². The van der Waals surface area contributed by atoms with E-state index in [9.17, 15) is 10.1 Å². The molecule has 0 aliphatic rings. The summed E-state index contributed by atoms with van der Waals surface area (Å²) in [6, 6.07) is 17.4. The molecule has 0 radical (unpaired) electrons. The van der Waals surface area contributed by atoms with Crippen LogP contribution < -0.4 is 5.43 Å². The smallest absolute Gasteiger partial charge is 0.270 e. The standard InChI is InChI=1S/C20H13N7O3/c28-27(29)13-5-3-4-12(10-13)17-9-8-14(30-17)11-21-25-20-23-19-18(24-26-20)15-6-1-2-7-16(15)22-19/h1-11H,(H2,22,23,25,26)/b21-11+. The van der Waals surface area contributed by atoms with Gasteiger partial charge in [-0.2, -0.15) is 10.1 Å². The quantitative estimate of drug-likeness (QED) is 0.258. The third-order valence-electron chi connectivity index (χ3n) is 4.45. The molecule has 10 nitrogen and oxygen atoms in total. The molecule has 0 aliphatic carbocycles. The molecule has 0 bridgehead atoms. The SMILES string of the molecule is O=[N+]([O-])c1cccc(-c2ccc(/C=N/Nc3nnc4c(n3)[nH]c3ccccc34)o2)c1. The minimum atomic E-state index is -0.448. The number of hydrazone groups is 1. The zero-order valence-electron chi connectivity index (χ0n) is 15.3. The number of anilines is 1. The highest BCUT2D eigenvalue weighted by Gasteiger charge is 2.10. The van der Waals surface area contributed by atoms with Gasteiger partial charge in [0, 0.05) is 28.6 Å². The normalized spacial score (nSPS) is 11.5. The molecular formula is C20H13N7O3. The Balaban J connectivity index is 1.33. The first-order valence-electron chi connectivity index (χ1n) is 8.92. The van der Waals surface area contributed by atoms with Gasteiger partial charge in [0.25, 0.3) is 11.6 Å². The van der Waals surface area contributed by atoms with Gasteiger partial charge in [-0.25, -0.2) is 5.43 Å². The van der Waals surface area contributed by atoms with Crippen LogP contribution in [0, 0.1) is 10.1 Å². The van der Waals surface area contributed by atoms with Gasteiger partial charge in [-0.3, -0.25) is 10.1 Å². The van der Waals surface area contributed by atoms with Crippen LogP contribution in [0.15, 0.2) is 70.2 Å². The van der Waals surface area contributed by atoms with Crippen LogP contribution in [0.25, 0.3) is 33.4 Å². The molecule has 10 heteroatoms. The Morgan fingerprint density at radius 1 is 1.10 bits per heavy atom. The second-order valence-corrected chi connectivity index (χ2v) is 6.38. The van der Waals surface area contributed by atoms with Gasteiger partial charge in [0.15, 0.2) is 5.65 Å². The van der Waals surface area contributed by atoms with Gasteiger partial charge in [-0.15, -0.1) is 10.2 Å². The topological polar surface area (TPSA) is 135 Å². The number of fused-ring (bicyclic) bond motifs is 3. The summed E-state index contributed by atoms with van der Waals surface area (Å²) in [5, 5.41) is 24.2. The molecule has 5 aromatic rings. The van der Waals surface area contributed by atoms with Crippen molar-refractivity contribution in [2.24, 2.45) is 5.10 Å². The summed E-state index contributed by atoms with van der Waals surface area (Å²) < 4.78 is 5.68. The highest BCUT2D eigenvalue weighted by atomic mass is 16.6. The van der Waals surface area contributed by atoms with Crippen molar-refractivity contribution in [3.63, 3.8) is 0 Å². The monoisotopic (exact) mass is 399 g/mol. The van der Waals surface area contributed by atoms with Crippen LogP contribution in [-0.2, 0) is 0 Å². The molecule has 5 rings (SSSR count). The number of aromatic nitrogens is 4. The Kier molecular flexibility index (Phi) is 4.14. The second-order valence-electron chi connectivity index (χ2n) is 6.38. The lowest BCUT2D eigenvalue weighted by molar-refractivity contribution is -0.384. The maximum Gasteiger partial charge on any atom is 0.270 e. The maximum atomic E-state index is 10.9. The van der Waals surface area contributed by atoms with E-state index < -0.39 is 4.92 Å². The summed E-state index contributed by atoms with van der Waals surface area (Å²) in [7, 11) is 0. The summed E-state index contributed by atoms with van der Waals surface area (Å²) in [6.45, 7) is 0. The first-order valence-corrected chi connectivity index (χ1v) is 8.92. The van der Waals surface area contributed by atoms with Gasteiger partial charge < -0.3 is 9.40 Å². The van der Waals surface area contributed by atoms with Gasteiger partial charge in [0.05, 0.1) is 11.1 Å². The van der Waals surface area contributed by atoms with Crippen LogP contribution >= 0.6 is 0 Å². The first kappa shape index (κ1) is 17.5. The third kappa shape index (κ3) is 3.22. The fraction of sp³-hybridized carbons (Fsp3) is 0. The van der Waals surface area contributed by atoms with Crippen LogP contribution in [0.1, 0.15) is 5.76 Å². The minimum Gasteiger partial charge on any atom is -0.455 e. The van der Waals surface area contributed by atoms with Crippen molar-refractivity contribution in [1.82, 2.24) is 20.2 Å². The lowest BCUT2D eigenvalue weighted by atomic mass is 10.1. The minimum absolute atomic E-state index is 0.00203. The number of nitrogens with one attached hydrogen (secondary N) is 2. The molecule has 3 aromatic heterocycles. The number of hydrogen-bond acceptors (Lipinski definition) is 8. The van der Waals surface area contributed by atoms with E-state index in [2.05, 4.69) is 30.7 Å². The Morgan fingerprint density at radius 3 is 2.90 bits per heavy atom. The maximum absolute atomic E-state index is 10.9. The Morgan fingerprint density at radius 2 is 2.00 bits per heavy atom. The van der Waals surface area contributed by atoms with Crippen molar-refractivity contribution < 1.29 is 9.34 Å². The number of nitro benzene ring substituents is 1. The highest BCUT2D eigenvalue weighted by molar-refractivity contribution is 6.03. The molecule has 0 atom stereocenters. The van der Waals surface area contributed by atoms with Crippen molar-refractivity contribution in [1.29, 1.82) is 0 Å². The number of hydrogen-bond donors (Lipinski definition) is 2. The number of furan rings is 1. The van der Waals surface area contributed by atoms with E-state index in [1.807, 2.05) is 24.3 Å². The van der Waals surface area contributed by atoms with Gasteiger partial charge in [-0.05, 0) is 18.2 Å². The van der Waals surface area contributed by atoms with Crippen LogP contribution in [0.5, 0.6) is 0 Å². The molecule has 30 heavy (non-hydrogen) atoms. The Hall–Kier alpha value is -4.60. The van der Waals surface area contributed by atoms with Crippen LogP contribution in [0.3, 0.4) is 0 Å². The molecule has 0 spiro atoms. The number of aromatic amines is 1. The number of nitrogens with zero attached hydrogens (tertiary/aromatic N) is 5. The van der Waals surface area contributed by atoms with Crippen LogP contribution in [-0.4, -0.2) is 31.3 Å². The average molecular weight is 399 g/mol. The van der Waals surface area contributed by atoms with Crippen molar-refractivity contribution in [3.05, 3.63) is 76.5 Å². The third-order valence-corrected chi connectivity index (χ3v) is 4.45. The molecule has 2 aromatic carbocycles. The average Bonchev–Trinajstić information content (AvgIpc) is 3.38. The van der Waals surface area contributed by atoms with Crippen molar-refractivity contribution in [3.8, 4) is 11.3 Å². The predicted octanol–water partition coefficient (Wildman–Crippen LogP) is 4.12. The zero-order chi connectivity index (χ0) is 20.5. The molecular weight excluding hydrogens is 386 g/mol. The summed E-state index contributed by atoms with van der Waals surface area (Å²) in [5.41, 5.74) is 5.55. The fourth-order valence-electron chi connectivity index (χ4n) is 3.07. The number of nitro groups is 1. The lowest BCUT2D eigenvalue weighted by Crippen LogP contribution is -1.98. The van der Waals surface area contributed by atoms with Crippen molar-refractivity contribution in [2.45, 2.75) is 0 Å². The number of H-pyrrole nitrogens is 1. The van der Waals surface area contributed by atoms with E-state index in [1.165, 1.54) is 18.3 Å². The van der Waals surface area contributed by atoms with Crippen molar-refractivity contribution in [2.75, 3.05) is 5.43 Å². The Bertz CT molecular complexity index is 1420. The molecule has 0 amide bonds. The van der Waals surface area contributed by atoms with Gasteiger partial charge in [0.2, 0.25) is 0 Å². The van der Waals surface area contributed by atoms with E-state index in [0.717, 1.165) is 10.9 Å². The lowest BCUT2D eigenvalue weighted by Gasteiger charge is -1.97. The summed E-state index contributed by atoms with van der Waals surface area (Å²) in [6.07, 6.45) is 1.46. The molecule has 0 aliphatic heterocycles. The second kappa shape index (κ2) is 7.09. The summed E-state index contributed by atoms with van der Waals surface area (Å²) >= 11 is 0. The number of benzene rings is 2. The number of non-ortho nitro benzene ring substituents is 1. The molecule has 0 fully saturated rings.